The van der Waals surface area contributed by atoms with Crippen molar-refractivity contribution in [3.05, 3.63) is 70.8 Å². The fraction of sp³-hybridized carbons (Fsp3) is 0.423. The van der Waals surface area contributed by atoms with Crippen molar-refractivity contribution >= 4 is 17.7 Å². The Hall–Kier alpha value is -2.99. The highest BCUT2D eigenvalue weighted by Gasteiger charge is 2.34. The molecule has 0 unspecified atom stereocenters. The van der Waals surface area contributed by atoms with E-state index in [1.54, 1.807) is 24.3 Å². The predicted molar refractivity (Wildman–Crippen MR) is 123 cm³/mol. The molecule has 1 saturated heterocycles. The molecule has 0 radical (unpaired) electrons. The Balaban J connectivity index is 1.12. The number of amides is 3. The fourth-order valence-electron chi connectivity index (χ4n) is 4.43. The molecule has 0 aromatic heterocycles. The van der Waals surface area contributed by atoms with Crippen molar-refractivity contribution in [2.45, 2.75) is 39.2 Å². The molecule has 2 aromatic rings. The standard InChI is InChI=1S/C26H31N3O3/c1-20-10-12-21(13-11-20)19-27-15-17-28(18-16-27)24(30)9-3-2-6-14-29-25(31)22-7-4-5-8-23(22)26(29)32/h4-5,7-8,10-13H,2-3,6,9,14-19H2,1H3. The number of rotatable bonds is 8. The van der Waals surface area contributed by atoms with Crippen molar-refractivity contribution in [1.82, 2.24) is 14.7 Å². The smallest absolute Gasteiger partial charge is 0.261 e. The van der Waals surface area contributed by atoms with Crippen LogP contribution in [0.4, 0.5) is 0 Å². The lowest BCUT2D eigenvalue weighted by molar-refractivity contribution is -0.133. The van der Waals surface area contributed by atoms with Gasteiger partial charge in [-0.2, -0.15) is 0 Å². The maximum absolute atomic E-state index is 12.6. The summed E-state index contributed by atoms with van der Waals surface area (Å²) in [7, 11) is 0. The molecule has 0 saturated carbocycles. The van der Waals surface area contributed by atoms with Gasteiger partial charge in [0.15, 0.2) is 0 Å². The Bertz CT molecular complexity index is 943. The summed E-state index contributed by atoms with van der Waals surface area (Å²) < 4.78 is 0. The molecule has 1 fully saturated rings. The molecule has 6 nitrogen and oxygen atoms in total. The Morgan fingerprint density at radius 1 is 0.812 bits per heavy atom. The van der Waals surface area contributed by atoms with Gasteiger partial charge in [-0.25, -0.2) is 0 Å². The summed E-state index contributed by atoms with van der Waals surface area (Å²) in [4.78, 5) is 43.0. The van der Waals surface area contributed by atoms with Crippen LogP contribution in [0.15, 0.2) is 48.5 Å². The second-order valence-corrected chi connectivity index (χ2v) is 8.76. The first-order valence-corrected chi connectivity index (χ1v) is 11.5. The molecule has 0 N–H and O–H groups in total. The maximum Gasteiger partial charge on any atom is 0.261 e. The molecule has 0 spiro atoms. The van der Waals surface area contributed by atoms with Crippen molar-refractivity contribution in [1.29, 1.82) is 0 Å². The van der Waals surface area contributed by atoms with Gasteiger partial charge in [0.1, 0.15) is 0 Å². The van der Waals surface area contributed by atoms with Crippen LogP contribution in [0.5, 0.6) is 0 Å². The molecule has 2 aliphatic heterocycles. The van der Waals surface area contributed by atoms with Crippen LogP contribution in [-0.4, -0.2) is 65.1 Å². The molecular formula is C26H31N3O3. The maximum atomic E-state index is 12.6. The van der Waals surface area contributed by atoms with Gasteiger partial charge >= 0.3 is 0 Å². The van der Waals surface area contributed by atoms with E-state index in [0.717, 1.165) is 52.0 Å². The molecule has 0 aliphatic carbocycles. The van der Waals surface area contributed by atoms with E-state index < -0.39 is 0 Å². The number of piperazine rings is 1. The number of aryl methyl sites for hydroxylation is 1. The van der Waals surface area contributed by atoms with Crippen molar-refractivity contribution in [3.8, 4) is 0 Å². The zero-order valence-electron chi connectivity index (χ0n) is 18.8. The van der Waals surface area contributed by atoms with Gasteiger partial charge in [-0.3, -0.25) is 24.2 Å². The summed E-state index contributed by atoms with van der Waals surface area (Å²) in [6.45, 7) is 6.80. The monoisotopic (exact) mass is 433 g/mol. The van der Waals surface area contributed by atoms with Gasteiger partial charge < -0.3 is 4.90 Å². The number of fused-ring (bicyclic) bond motifs is 1. The van der Waals surface area contributed by atoms with Crippen LogP contribution >= 0.6 is 0 Å². The van der Waals surface area contributed by atoms with Crippen LogP contribution in [0.2, 0.25) is 0 Å². The van der Waals surface area contributed by atoms with Gasteiger partial charge in [-0.05, 0) is 37.5 Å². The van der Waals surface area contributed by atoms with Gasteiger partial charge in [0.25, 0.3) is 11.8 Å². The Labute approximate surface area is 189 Å². The number of hydrogen-bond donors (Lipinski definition) is 0. The largest absolute Gasteiger partial charge is 0.340 e. The summed E-state index contributed by atoms with van der Waals surface area (Å²) in [5, 5.41) is 0. The molecule has 168 valence electrons. The van der Waals surface area contributed by atoms with Gasteiger partial charge in [0, 0.05) is 45.7 Å². The van der Waals surface area contributed by atoms with Gasteiger partial charge in [-0.1, -0.05) is 48.4 Å². The SMILES string of the molecule is Cc1ccc(CN2CCN(C(=O)CCCCCN3C(=O)c4ccccc4C3=O)CC2)cc1. The highest BCUT2D eigenvalue weighted by molar-refractivity contribution is 6.21. The van der Waals surface area contributed by atoms with Crippen LogP contribution in [-0.2, 0) is 11.3 Å². The molecule has 0 atom stereocenters. The highest BCUT2D eigenvalue weighted by atomic mass is 16.2. The number of benzene rings is 2. The molecular weight excluding hydrogens is 402 g/mol. The molecule has 0 bridgehead atoms. The van der Waals surface area contributed by atoms with Crippen molar-refractivity contribution < 1.29 is 14.4 Å². The molecule has 6 heteroatoms. The number of carbonyl (C=O) groups is 3. The number of carbonyl (C=O) groups excluding carboxylic acids is 3. The van der Waals surface area contributed by atoms with Gasteiger partial charge in [0.05, 0.1) is 11.1 Å². The summed E-state index contributed by atoms with van der Waals surface area (Å²) in [5.41, 5.74) is 3.57. The Kier molecular flexibility index (Phi) is 7.00. The quantitative estimate of drug-likeness (QED) is 0.472. The van der Waals surface area contributed by atoms with E-state index in [1.165, 1.54) is 16.0 Å². The predicted octanol–water partition coefficient (Wildman–Crippen LogP) is 3.50. The first-order valence-electron chi connectivity index (χ1n) is 11.5. The zero-order chi connectivity index (χ0) is 22.5. The van der Waals surface area contributed by atoms with E-state index in [1.807, 2.05) is 4.90 Å². The van der Waals surface area contributed by atoms with Crippen molar-refractivity contribution in [2.75, 3.05) is 32.7 Å². The molecule has 3 amide bonds. The molecule has 32 heavy (non-hydrogen) atoms. The minimum Gasteiger partial charge on any atom is -0.340 e. The van der Waals surface area contributed by atoms with Crippen LogP contribution in [0.3, 0.4) is 0 Å². The third-order valence-corrected chi connectivity index (χ3v) is 6.40. The van der Waals surface area contributed by atoms with E-state index >= 15 is 0 Å². The van der Waals surface area contributed by atoms with Gasteiger partial charge in [0.2, 0.25) is 5.91 Å². The summed E-state index contributed by atoms with van der Waals surface area (Å²) >= 11 is 0. The average molecular weight is 434 g/mol. The Morgan fingerprint density at radius 3 is 2.06 bits per heavy atom. The van der Waals surface area contributed by atoms with E-state index in [9.17, 15) is 14.4 Å². The number of unbranched alkanes of at least 4 members (excludes halogenated alkanes) is 2. The lowest BCUT2D eigenvalue weighted by atomic mass is 10.1. The van der Waals surface area contributed by atoms with Crippen molar-refractivity contribution in [3.63, 3.8) is 0 Å². The van der Waals surface area contributed by atoms with E-state index in [4.69, 9.17) is 0 Å². The minimum absolute atomic E-state index is 0.204. The fourth-order valence-corrected chi connectivity index (χ4v) is 4.43. The van der Waals surface area contributed by atoms with Crippen LogP contribution in [0.1, 0.15) is 57.5 Å². The van der Waals surface area contributed by atoms with Crippen LogP contribution in [0.25, 0.3) is 0 Å². The molecule has 2 heterocycles. The average Bonchev–Trinajstić information content (AvgIpc) is 3.05. The number of nitrogens with zero attached hydrogens (tertiary/aromatic N) is 3. The third kappa shape index (κ3) is 5.07. The number of imide groups is 1. The first-order chi connectivity index (χ1) is 15.5. The molecule has 4 rings (SSSR count). The first kappa shape index (κ1) is 22.2. The van der Waals surface area contributed by atoms with Crippen LogP contribution < -0.4 is 0 Å². The Morgan fingerprint density at radius 2 is 1.44 bits per heavy atom. The van der Waals surface area contributed by atoms with E-state index in [2.05, 4.69) is 36.1 Å². The van der Waals surface area contributed by atoms with E-state index in [0.29, 0.717) is 24.1 Å². The summed E-state index contributed by atoms with van der Waals surface area (Å²) in [5.74, 6) is -0.198. The highest BCUT2D eigenvalue weighted by Crippen LogP contribution is 2.23. The topological polar surface area (TPSA) is 60.9 Å². The second-order valence-electron chi connectivity index (χ2n) is 8.76. The van der Waals surface area contributed by atoms with Crippen molar-refractivity contribution in [2.24, 2.45) is 0 Å². The second kappa shape index (κ2) is 10.1. The molecule has 2 aliphatic rings. The van der Waals surface area contributed by atoms with E-state index in [-0.39, 0.29) is 17.7 Å². The lowest BCUT2D eigenvalue weighted by Gasteiger charge is -2.35. The van der Waals surface area contributed by atoms with Crippen LogP contribution in [0, 0.1) is 6.92 Å². The zero-order valence-corrected chi connectivity index (χ0v) is 18.8. The lowest BCUT2D eigenvalue weighted by Crippen LogP contribution is -2.48. The summed E-state index contributed by atoms with van der Waals surface area (Å²) in [6, 6.07) is 15.6. The molecule has 2 aromatic carbocycles. The van der Waals surface area contributed by atoms with Gasteiger partial charge in [-0.15, -0.1) is 0 Å². The minimum atomic E-state index is -0.204. The third-order valence-electron chi connectivity index (χ3n) is 6.40. The summed E-state index contributed by atoms with van der Waals surface area (Å²) in [6.07, 6.45) is 2.86. The normalized spacial score (nSPS) is 16.5. The number of hydrogen-bond acceptors (Lipinski definition) is 4.